The first-order valence-electron chi connectivity index (χ1n) is 3.19. The van der Waals surface area contributed by atoms with Crippen LogP contribution in [-0.2, 0) is 0 Å². The molecule has 1 saturated heterocycles. The van der Waals surface area contributed by atoms with Crippen LogP contribution in [0.15, 0.2) is 0 Å². The van der Waals surface area contributed by atoms with Crippen LogP contribution in [0.2, 0.25) is 0 Å². The van der Waals surface area contributed by atoms with Crippen molar-refractivity contribution in [2.75, 3.05) is 6.54 Å². The Morgan fingerprint density at radius 1 is 1.88 bits per heavy atom. The van der Waals surface area contributed by atoms with Crippen molar-refractivity contribution in [3.05, 3.63) is 0 Å². The number of hydrogen-bond donors (Lipinski definition) is 1. The Bertz CT molecular complexity index is 82.6. The van der Waals surface area contributed by atoms with Crippen LogP contribution in [0.3, 0.4) is 0 Å². The molecule has 2 nitrogen and oxygen atoms in total. The molecule has 3 unspecified atom stereocenters. The first-order valence-corrected chi connectivity index (χ1v) is 3.19. The van der Waals surface area contributed by atoms with Crippen molar-refractivity contribution >= 4 is 0 Å². The van der Waals surface area contributed by atoms with Crippen LogP contribution in [-0.4, -0.2) is 28.8 Å². The van der Waals surface area contributed by atoms with E-state index in [1.807, 2.05) is 6.92 Å². The fraction of sp³-hybridized carbons (Fsp3) is 1.00. The number of rotatable bonds is 2. The summed E-state index contributed by atoms with van der Waals surface area (Å²) < 4.78 is 0. The molecule has 0 amide bonds. The van der Waals surface area contributed by atoms with Crippen molar-refractivity contribution in [2.45, 2.75) is 32.5 Å². The Labute approximate surface area is 50.1 Å². The van der Waals surface area contributed by atoms with Gasteiger partial charge in [0.1, 0.15) is 6.23 Å². The highest BCUT2D eigenvalue weighted by Gasteiger charge is 2.33. The molecule has 0 bridgehead atoms. The van der Waals surface area contributed by atoms with Crippen LogP contribution < -0.4 is 0 Å². The lowest BCUT2D eigenvalue weighted by atomic mass is 10.4. The molecular weight excluding hydrogens is 102 g/mol. The molecule has 8 heavy (non-hydrogen) atoms. The summed E-state index contributed by atoms with van der Waals surface area (Å²) in [4.78, 5) is 2.07. The van der Waals surface area contributed by atoms with Gasteiger partial charge >= 0.3 is 0 Å². The predicted octanol–water partition coefficient (Wildman–Crippen LogP) is 0.419. The standard InChI is InChI=1S/C6H13NO/c1-3-6(8)7-4-5(7)2/h5-6,8H,3-4H2,1-2H3. The van der Waals surface area contributed by atoms with E-state index in [4.69, 9.17) is 5.11 Å². The second-order valence-corrected chi connectivity index (χ2v) is 2.43. The molecule has 1 fully saturated rings. The molecular formula is C6H13NO. The second kappa shape index (κ2) is 2.03. The molecule has 1 aliphatic rings. The molecule has 1 N–H and O–H groups in total. The number of hydrogen-bond acceptors (Lipinski definition) is 2. The minimum Gasteiger partial charge on any atom is -0.378 e. The molecule has 0 radical (unpaired) electrons. The Morgan fingerprint density at radius 3 is 2.50 bits per heavy atom. The molecule has 0 aromatic rings. The van der Waals surface area contributed by atoms with E-state index in [0.717, 1.165) is 13.0 Å². The van der Waals surface area contributed by atoms with Crippen LogP contribution in [0.25, 0.3) is 0 Å². The minimum atomic E-state index is -0.176. The van der Waals surface area contributed by atoms with Crippen LogP contribution in [0.5, 0.6) is 0 Å². The summed E-state index contributed by atoms with van der Waals surface area (Å²) >= 11 is 0. The van der Waals surface area contributed by atoms with E-state index in [1.54, 1.807) is 0 Å². The molecule has 1 heterocycles. The summed E-state index contributed by atoms with van der Waals surface area (Å²) in [5.41, 5.74) is 0. The molecule has 1 aliphatic heterocycles. The highest BCUT2D eigenvalue weighted by Crippen LogP contribution is 2.19. The van der Waals surface area contributed by atoms with Gasteiger partial charge in [-0.3, -0.25) is 4.90 Å². The highest BCUT2D eigenvalue weighted by atomic mass is 16.3. The van der Waals surface area contributed by atoms with E-state index in [2.05, 4.69) is 11.8 Å². The fourth-order valence-electron chi connectivity index (χ4n) is 0.908. The Morgan fingerprint density at radius 2 is 2.38 bits per heavy atom. The molecule has 0 spiro atoms. The molecule has 3 atom stereocenters. The fourth-order valence-corrected chi connectivity index (χ4v) is 0.908. The quantitative estimate of drug-likeness (QED) is 0.527. The monoisotopic (exact) mass is 115 g/mol. The van der Waals surface area contributed by atoms with E-state index < -0.39 is 0 Å². The molecule has 1 rings (SSSR count). The average Bonchev–Trinajstić information content (AvgIpc) is 2.45. The topological polar surface area (TPSA) is 23.2 Å². The van der Waals surface area contributed by atoms with Gasteiger partial charge in [0.2, 0.25) is 0 Å². The first-order chi connectivity index (χ1) is 3.75. The zero-order chi connectivity index (χ0) is 6.15. The summed E-state index contributed by atoms with van der Waals surface area (Å²) in [5, 5.41) is 9.09. The summed E-state index contributed by atoms with van der Waals surface area (Å²) in [7, 11) is 0. The van der Waals surface area contributed by atoms with Crippen LogP contribution in [0.1, 0.15) is 20.3 Å². The van der Waals surface area contributed by atoms with Gasteiger partial charge in [-0.25, -0.2) is 0 Å². The van der Waals surface area contributed by atoms with Gasteiger partial charge in [0.25, 0.3) is 0 Å². The summed E-state index contributed by atoms with van der Waals surface area (Å²) in [6, 6.07) is 0.630. The number of aliphatic hydroxyl groups is 1. The Balaban J connectivity index is 2.18. The smallest absolute Gasteiger partial charge is 0.107 e. The lowest BCUT2D eigenvalue weighted by molar-refractivity contribution is 0.0702. The van der Waals surface area contributed by atoms with E-state index in [-0.39, 0.29) is 6.23 Å². The zero-order valence-corrected chi connectivity index (χ0v) is 5.46. The van der Waals surface area contributed by atoms with Crippen molar-refractivity contribution in [1.29, 1.82) is 0 Å². The SMILES string of the molecule is CCC(O)N1CC1C. The maximum atomic E-state index is 9.09. The zero-order valence-electron chi connectivity index (χ0n) is 5.46. The minimum absolute atomic E-state index is 0.176. The third kappa shape index (κ3) is 1.01. The van der Waals surface area contributed by atoms with Crippen molar-refractivity contribution in [1.82, 2.24) is 4.90 Å². The van der Waals surface area contributed by atoms with Gasteiger partial charge in [0, 0.05) is 12.6 Å². The number of aliphatic hydroxyl groups excluding tert-OH is 1. The molecule has 48 valence electrons. The summed E-state index contributed by atoms with van der Waals surface area (Å²) in [6.45, 7) is 5.20. The number of nitrogens with zero attached hydrogens (tertiary/aromatic N) is 1. The molecule has 0 aliphatic carbocycles. The van der Waals surface area contributed by atoms with Crippen LogP contribution in [0.4, 0.5) is 0 Å². The van der Waals surface area contributed by atoms with E-state index >= 15 is 0 Å². The van der Waals surface area contributed by atoms with Gasteiger partial charge in [-0.1, -0.05) is 6.92 Å². The largest absolute Gasteiger partial charge is 0.378 e. The molecule has 2 heteroatoms. The van der Waals surface area contributed by atoms with Gasteiger partial charge in [-0.05, 0) is 13.3 Å². The average molecular weight is 115 g/mol. The molecule has 0 saturated carbocycles. The van der Waals surface area contributed by atoms with Gasteiger partial charge < -0.3 is 5.11 Å². The van der Waals surface area contributed by atoms with E-state index in [9.17, 15) is 0 Å². The lowest BCUT2D eigenvalue weighted by Gasteiger charge is -2.06. The van der Waals surface area contributed by atoms with E-state index in [0.29, 0.717) is 6.04 Å². The van der Waals surface area contributed by atoms with Gasteiger partial charge in [0.15, 0.2) is 0 Å². The summed E-state index contributed by atoms with van der Waals surface area (Å²) in [5.74, 6) is 0. The Hall–Kier alpha value is -0.0800. The normalized spacial score (nSPS) is 39.4. The van der Waals surface area contributed by atoms with Gasteiger partial charge in [0.05, 0.1) is 0 Å². The van der Waals surface area contributed by atoms with Gasteiger partial charge in [-0.15, -0.1) is 0 Å². The third-order valence-electron chi connectivity index (χ3n) is 1.66. The second-order valence-electron chi connectivity index (χ2n) is 2.43. The van der Waals surface area contributed by atoms with E-state index in [1.165, 1.54) is 0 Å². The predicted molar refractivity (Wildman–Crippen MR) is 32.5 cm³/mol. The Kier molecular flexibility index (Phi) is 1.54. The van der Waals surface area contributed by atoms with Crippen LogP contribution >= 0.6 is 0 Å². The van der Waals surface area contributed by atoms with Crippen molar-refractivity contribution in [2.24, 2.45) is 0 Å². The summed E-state index contributed by atoms with van der Waals surface area (Å²) in [6.07, 6.45) is 0.676. The molecule has 0 aromatic heterocycles. The first kappa shape index (κ1) is 6.05. The third-order valence-corrected chi connectivity index (χ3v) is 1.66. The van der Waals surface area contributed by atoms with Crippen molar-refractivity contribution in [3.63, 3.8) is 0 Å². The van der Waals surface area contributed by atoms with Crippen molar-refractivity contribution < 1.29 is 5.11 Å². The highest BCUT2D eigenvalue weighted by molar-refractivity contribution is 4.85. The maximum Gasteiger partial charge on any atom is 0.107 e. The molecule has 0 aromatic carbocycles. The van der Waals surface area contributed by atoms with Crippen molar-refractivity contribution in [3.8, 4) is 0 Å². The van der Waals surface area contributed by atoms with Gasteiger partial charge in [-0.2, -0.15) is 0 Å². The van der Waals surface area contributed by atoms with Crippen LogP contribution in [0, 0.1) is 0 Å². The maximum absolute atomic E-state index is 9.09. The lowest BCUT2D eigenvalue weighted by Crippen LogP contribution is -2.17.